The van der Waals surface area contributed by atoms with Crippen molar-refractivity contribution in [3.63, 3.8) is 0 Å². The number of hydrogen-bond donors (Lipinski definition) is 2. The maximum Gasteiger partial charge on any atom is 0.417 e. The normalized spacial score (nSPS) is 10.8. The summed E-state index contributed by atoms with van der Waals surface area (Å²) in [5, 5.41) is 0. The zero-order chi connectivity index (χ0) is 8.72. The number of aromatic nitrogens is 1. The molecule has 2 rings (SSSR count). The van der Waals surface area contributed by atoms with Crippen molar-refractivity contribution < 1.29 is 4.42 Å². The highest BCUT2D eigenvalue weighted by Crippen LogP contribution is 2.18. The van der Waals surface area contributed by atoms with Crippen molar-refractivity contribution in [2.75, 3.05) is 5.73 Å². The molecule has 1 aromatic heterocycles. The van der Waals surface area contributed by atoms with Crippen LogP contribution in [0.1, 0.15) is 5.56 Å². The van der Waals surface area contributed by atoms with Crippen molar-refractivity contribution in [3.05, 3.63) is 28.2 Å². The molecular formula is C8H8N2O2. The number of nitrogens with one attached hydrogen (secondary N) is 1. The van der Waals surface area contributed by atoms with Crippen molar-refractivity contribution in [2.45, 2.75) is 6.92 Å². The molecule has 1 heterocycles. The van der Waals surface area contributed by atoms with Gasteiger partial charge in [-0.15, -0.1) is 0 Å². The first-order valence-corrected chi connectivity index (χ1v) is 3.56. The lowest BCUT2D eigenvalue weighted by Crippen LogP contribution is -1.93. The van der Waals surface area contributed by atoms with Crippen LogP contribution in [0.5, 0.6) is 0 Å². The van der Waals surface area contributed by atoms with Crippen LogP contribution in [0, 0.1) is 6.92 Å². The minimum atomic E-state index is -0.446. The summed E-state index contributed by atoms with van der Waals surface area (Å²) >= 11 is 0. The van der Waals surface area contributed by atoms with Gasteiger partial charge in [0.1, 0.15) is 0 Å². The maximum absolute atomic E-state index is 10.8. The molecule has 0 radical (unpaired) electrons. The first-order chi connectivity index (χ1) is 5.66. The number of aryl methyl sites for hydroxylation is 1. The van der Waals surface area contributed by atoms with Crippen LogP contribution in [-0.2, 0) is 0 Å². The fraction of sp³-hybridized carbons (Fsp3) is 0.125. The Kier molecular flexibility index (Phi) is 1.24. The lowest BCUT2D eigenvalue weighted by Gasteiger charge is -1.95. The van der Waals surface area contributed by atoms with Gasteiger partial charge in [-0.1, -0.05) is 0 Å². The predicted molar refractivity (Wildman–Crippen MR) is 46.0 cm³/mol. The molecule has 4 heteroatoms. The Labute approximate surface area is 68.0 Å². The molecule has 0 spiro atoms. The van der Waals surface area contributed by atoms with E-state index >= 15 is 0 Å². The smallest absolute Gasteiger partial charge is 0.408 e. The Morgan fingerprint density at radius 2 is 2.25 bits per heavy atom. The number of fused-ring (bicyclic) bond motifs is 1. The summed E-state index contributed by atoms with van der Waals surface area (Å²) in [5.41, 5.74) is 8.30. The third kappa shape index (κ3) is 0.887. The van der Waals surface area contributed by atoms with Gasteiger partial charge in [0.15, 0.2) is 5.58 Å². The highest BCUT2D eigenvalue weighted by Gasteiger charge is 2.03. The molecule has 0 saturated carbocycles. The van der Waals surface area contributed by atoms with E-state index in [9.17, 15) is 4.79 Å². The molecule has 12 heavy (non-hydrogen) atoms. The van der Waals surface area contributed by atoms with E-state index in [1.165, 1.54) is 0 Å². The van der Waals surface area contributed by atoms with Crippen LogP contribution in [0.3, 0.4) is 0 Å². The van der Waals surface area contributed by atoms with E-state index in [2.05, 4.69) is 4.98 Å². The zero-order valence-corrected chi connectivity index (χ0v) is 6.55. The number of rotatable bonds is 0. The molecule has 0 aliphatic carbocycles. The van der Waals surface area contributed by atoms with Crippen LogP contribution in [0.2, 0.25) is 0 Å². The van der Waals surface area contributed by atoms with Crippen LogP contribution in [0.15, 0.2) is 21.3 Å². The summed E-state index contributed by atoms with van der Waals surface area (Å²) in [6.07, 6.45) is 0. The monoisotopic (exact) mass is 164 g/mol. The SMILES string of the molecule is Cc1cc(N)cc2oc(=O)[nH]c12. The molecule has 0 saturated heterocycles. The molecule has 0 fully saturated rings. The van der Waals surface area contributed by atoms with Gasteiger partial charge in [0.05, 0.1) is 5.52 Å². The highest BCUT2D eigenvalue weighted by molar-refractivity contribution is 5.79. The summed E-state index contributed by atoms with van der Waals surface area (Å²) < 4.78 is 4.84. The van der Waals surface area contributed by atoms with Crippen LogP contribution in [-0.4, -0.2) is 4.98 Å². The van der Waals surface area contributed by atoms with Crippen molar-refractivity contribution in [1.82, 2.24) is 4.98 Å². The summed E-state index contributed by atoms with van der Waals surface area (Å²) in [5.74, 6) is -0.446. The Balaban J connectivity index is 2.97. The maximum atomic E-state index is 10.8. The summed E-state index contributed by atoms with van der Waals surface area (Å²) in [7, 11) is 0. The third-order valence-corrected chi connectivity index (χ3v) is 1.75. The second kappa shape index (κ2) is 2.14. The molecule has 1 aromatic carbocycles. The molecule has 62 valence electrons. The molecule has 2 aromatic rings. The van der Waals surface area contributed by atoms with Crippen LogP contribution in [0.25, 0.3) is 11.1 Å². The van der Waals surface area contributed by atoms with Gasteiger partial charge in [-0.05, 0) is 18.6 Å². The number of benzene rings is 1. The second-order valence-corrected chi connectivity index (χ2v) is 2.73. The molecule has 0 atom stereocenters. The molecule has 0 amide bonds. The summed E-state index contributed by atoms with van der Waals surface area (Å²) in [4.78, 5) is 13.4. The largest absolute Gasteiger partial charge is 0.417 e. The highest BCUT2D eigenvalue weighted by atomic mass is 16.4. The Morgan fingerprint density at radius 3 is 3.00 bits per heavy atom. The number of nitrogen functional groups attached to an aromatic ring is 1. The van der Waals surface area contributed by atoms with Crippen LogP contribution < -0.4 is 11.5 Å². The average molecular weight is 164 g/mol. The van der Waals surface area contributed by atoms with Gasteiger partial charge in [-0.2, -0.15) is 0 Å². The van der Waals surface area contributed by atoms with E-state index in [0.29, 0.717) is 16.8 Å². The van der Waals surface area contributed by atoms with Crippen molar-refractivity contribution in [3.8, 4) is 0 Å². The topological polar surface area (TPSA) is 72.0 Å². The molecular weight excluding hydrogens is 156 g/mol. The number of oxazole rings is 1. The number of H-pyrrole nitrogens is 1. The molecule has 3 N–H and O–H groups in total. The van der Waals surface area contributed by atoms with Gasteiger partial charge < -0.3 is 10.2 Å². The number of nitrogens with two attached hydrogens (primary N) is 1. The summed E-state index contributed by atoms with van der Waals surface area (Å²) in [6.45, 7) is 1.87. The van der Waals surface area contributed by atoms with E-state index in [1.54, 1.807) is 12.1 Å². The molecule has 0 aliphatic heterocycles. The van der Waals surface area contributed by atoms with Gasteiger partial charge in [0.25, 0.3) is 0 Å². The Bertz CT molecular complexity index is 481. The fourth-order valence-electron chi connectivity index (χ4n) is 1.25. The lowest BCUT2D eigenvalue weighted by atomic mass is 10.2. The quantitative estimate of drug-likeness (QED) is 0.571. The Hall–Kier alpha value is -1.71. The Morgan fingerprint density at radius 1 is 1.50 bits per heavy atom. The molecule has 0 aliphatic rings. The van der Waals surface area contributed by atoms with Crippen LogP contribution >= 0.6 is 0 Å². The van der Waals surface area contributed by atoms with Gasteiger partial charge in [0, 0.05) is 11.8 Å². The minimum Gasteiger partial charge on any atom is -0.408 e. The van der Waals surface area contributed by atoms with Gasteiger partial charge in [0.2, 0.25) is 0 Å². The molecule has 0 bridgehead atoms. The van der Waals surface area contributed by atoms with Gasteiger partial charge >= 0.3 is 5.76 Å². The standard InChI is InChI=1S/C8H8N2O2/c1-4-2-5(9)3-6-7(4)10-8(11)12-6/h2-3H,9H2,1H3,(H,10,11). The minimum absolute atomic E-state index is 0.446. The first-order valence-electron chi connectivity index (χ1n) is 3.56. The number of hydrogen-bond acceptors (Lipinski definition) is 3. The zero-order valence-electron chi connectivity index (χ0n) is 6.55. The summed E-state index contributed by atoms with van der Waals surface area (Å²) in [6, 6.07) is 3.41. The van der Waals surface area contributed by atoms with E-state index in [1.807, 2.05) is 6.92 Å². The van der Waals surface area contributed by atoms with Crippen molar-refractivity contribution >= 4 is 16.8 Å². The van der Waals surface area contributed by atoms with Crippen molar-refractivity contribution in [2.24, 2.45) is 0 Å². The first kappa shape index (κ1) is 6.97. The average Bonchev–Trinajstić information content (AvgIpc) is 2.29. The lowest BCUT2D eigenvalue weighted by molar-refractivity contribution is 0.555. The third-order valence-electron chi connectivity index (χ3n) is 1.75. The van der Waals surface area contributed by atoms with Gasteiger partial charge in [-0.25, -0.2) is 4.79 Å². The number of anilines is 1. The van der Waals surface area contributed by atoms with E-state index in [0.717, 1.165) is 5.56 Å². The molecule has 0 unspecified atom stereocenters. The van der Waals surface area contributed by atoms with E-state index in [4.69, 9.17) is 10.2 Å². The van der Waals surface area contributed by atoms with Crippen LogP contribution in [0.4, 0.5) is 5.69 Å². The predicted octanol–water partition coefficient (Wildman–Crippen LogP) is 1.01. The van der Waals surface area contributed by atoms with Gasteiger partial charge in [-0.3, -0.25) is 4.98 Å². The number of aromatic amines is 1. The molecule has 4 nitrogen and oxygen atoms in total. The fourth-order valence-corrected chi connectivity index (χ4v) is 1.25. The van der Waals surface area contributed by atoms with E-state index < -0.39 is 5.76 Å². The second-order valence-electron chi connectivity index (χ2n) is 2.73. The van der Waals surface area contributed by atoms with E-state index in [-0.39, 0.29) is 0 Å². The van der Waals surface area contributed by atoms with Crippen molar-refractivity contribution in [1.29, 1.82) is 0 Å².